The van der Waals surface area contributed by atoms with Crippen LogP contribution < -0.4 is 5.73 Å². The third-order valence-electron chi connectivity index (χ3n) is 2.78. The molecule has 0 saturated carbocycles. The summed E-state index contributed by atoms with van der Waals surface area (Å²) in [6, 6.07) is 0. The molecule has 0 bridgehead atoms. The van der Waals surface area contributed by atoms with Gasteiger partial charge in [0.05, 0.1) is 18.4 Å². The molecule has 86 valence electrons. The van der Waals surface area contributed by atoms with Gasteiger partial charge in [-0.2, -0.15) is 5.10 Å². The first-order valence-corrected chi connectivity index (χ1v) is 5.41. The highest BCUT2D eigenvalue weighted by Gasteiger charge is 2.19. The minimum Gasteiger partial charge on any atom is -0.374 e. The maximum atomic E-state index is 5.78. The number of ether oxygens (including phenoxy) is 1. The molecule has 2 N–H and O–H groups in total. The van der Waals surface area contributed by atoms with Crippen LogP contribution in [-0.2, 0) is 18.2 Å². The highest BCUT2D eigenvalue weighted by atomic mass is 16.5. The lowest BCUT2D eigenvalue weighted by Gasteiger charge is -2.26. The molecule has 15 heavy (non-hydrogen) atoms. The average molecular weight is 211 g/mol. The Hall–Kier alpha value is -0.870. The summed E-state index contributed by atoms with van der Waals surface area (Å²) in [4.78, 5) is 0. The summed E-state index contributed by atoms with van der Waals surface area (Å²) in [6.07, 6.45) is 5.71. The van der Waals surface area contributed by atoms with Crippen molar-refractivity contribution in [1.29, 1.82) is 0 Å². The van der Waals surface area contributed by atoms with E-state index in [2.05, 4.69) is 18.9 Å². The molecule has 0 aliphatic rings. The largest absolute Gasteiger partial charge is 0.374 e. The van der Waals surface area contributed by atoms with Crippen LogP contribution in [0.2, 0.25) is 0 Å². The van der Waals surface area contributed by atoms with Crippen LogP contribution in [0.5, 0.6) is 0 Å². The second-order valence-electron chi connectivity index (χ2n) is 4.13. The molecule has 1 aromatic heterocycles. The summed E-state index contributed by atoms with van der Waals surface area (Å²) in [5.74, 6) is 0. The normalized spacial score (nSPS) is 15.2. The number of aromatic nitrogens is 2. The number of hydrogen-bond acceptors (Lipinski definition) is 3. The summed E-state index contributed by atoms with van der Waals surface area (Å²) >= 11 is 0. The lowest BCUT2D eigenvalue weighted by atomic mass is 10.0. The van der Waals surface area contributed by atoms with Crippen LogP contribution in [0.4, 0.5) is 0 Å². The molecule has 0 aliphatic carbocycles. The third kappa shape index (κ3) is 3.64. The molecule has 0 amide bonds. The summed E-state index contributed by atoms with van der Waals surface area (Å²) in [7, 11) is 1.92. The van der Waals surface area contributed by atoms with Gasteiger partial charge in [-0.15, -0.1) is 0 Å². The highest BCUT2D eigenvalue weighted by molar-refractivity contribution is 5.03. The zero-order valence-corrected chi connectivity index (χ0v) is 9.86. The minimum absolute atomic E-state index is 0.178. The summed E-state index contributed by atoms with van der Waals surface area (Å²) in [6.45, 7) is 5.41. The van der Waals surface area contributed by atoms with Crippen LogP contribution in [0.3, 0.4) is 0 Å². The molecule has 1 atom stereocenters. The molecule has 1 rings (SSSR count). The van der Waals surface area contributed by atoms with E-state index in [9.17, 15) is 0 Å². The standard InChI is InChI=1S/C11H21N3O/c1-4-11(2,9-12)15-6-5-10-7-13-14(3)8-10/h7-8H,4-6,9,12H2,1-3H3. The Morgan fingerprint density at radius 1 is 1.60 bits per heavy atom. The Bertz CT molecular complexity index is 292. The van der Waals surface area contributed by atoms with E-state index in [0.29, 0.717) is 13.2 Å². The highest BCUT2D eigenvalue weighted by Crippen LogP contribution is 2.13. The van der Waals surface area contributed by atoms with Gasteiger partial charge in [0.1, 0.15) is 0 Å². The van der Waals surface area contributed by atoms with Crippen LogP contribution in [-0.4, -0.2) is 28.5 Å². The topological polar surface area (TPSA) is 53.1 Å². The summed E-state index contributed by atoms with van der Waals surface area (Å²) in [5.41, 5.74) is 6.68. The monoisotopic (exact) mass is 211 g/mol. The van der Waals surface area contributed by atoms with E-state index in [1.54, 1.807) is 4.68 Å². The Labute approximate surface area is 91.4 Å². The Morgan fingerprint density at radius 3 is 2.80 bits per heavy atom. The van der Waals surface area contributed by atoms with Crippen molar-refractivity contribution < 1.29 is 4.74 Å². The van der Waals surface area contributed by atoms with Crippen molar-refractivity contribution >= 4 is 0 Å². The zero-order valence-electron chi connectivity index (χ0n) is 9.86. The molecule has 1 unspecified atom stereocenters. The average Bonchev–Trinajstić information content (AvgIpc) is 2.64. The van der Waals surface area contributed by atoms with Gasteiger partial charge in [-0.05, 0) is 25.3 Å². The molecule has 1 aromatic rings. The van der Waals surface area contributed by atoms with Crippen molar-refractivity contribution in [3.05, 3.63) is 18.0 Å². The fraction of sp³-hybridized carbons (Fsp3) is 0.727. The fourth-order valence-corrected chi connectivity index (χ4v) is 1.32. The number of aryl methyl sites for hydroxylation is 1. The van der Waals surface area contributed by atoms with Crippen molar-refractivity contribution in [1.82, 2.24) is 9.78 Å². The second-order valence-corrected chi connectivity index (χ2v) is 4.13. The van der Waals surface area contributed by atoms with Crippen molar-refractivity contribution in [2.45, 2.75) is 32.3 Å². The third-order valence-corrected chi connectivity index (χ3v) is 2.78. The van der Waals surface area contributed by atoms with Crippen molar-refractivity contribution in [3.8, 4) is 0 Å². The quantitative estimate of drug-likeness (QED) is 0.766. The minimum atomic E-state index is -0.178. The lowest BCUT2D eigenvalue weighted by Crippen LogP contribution is -2.37. The van der Waals surface area contributed by atoms with Gasteiger partial charge in [-0.3, -0.25) is 4.68 Å². The van der Waals surface area contributed by atoms with Crippen LogP contribution in [0.25, 0.3) is 0 Å². The number of nitrogens with zero attached hydrogens (tertiary/aromatic N) is 2. The van der Waals surface area contributed by atoms with Gasteiger partial charge < -0.3 is 10.5 Å². The lowest BCUT2D eigenvalue weighted by molar-refractivity contribution is -0.0257. The first-order valence-electron chi connectivity index (χ1n) is 5.41. The molecule has 0 aromatic carbocycles. The molecule has 0 saturated heterocycles. The molecule has 0 spiro atoms. The fourth-order valence-electron chi connectivity index (χ4n) is 1.32. The van der Waals surface area contributed by atoms with Gasteiger partial charge in [-0.25, -0.2) is 0 Å². The van der Waals surface area contributed by atoms with E-state index >= 15 is 0 Å². The SMILES string of the molecule is CCC(C)(CN)OCCc1cnn(C)c1. The maximum Gasteiger partial charge on any atom is 0.0773 e. The van der Waals surface area contributed by atoms with Gasteiger partial charge in [0.15, 0.2) is 0 Å². The molecule has 0 radical (unpaired) electrons. The van der Waals surface area contributed by atoms with Crippen molar-refractivity contribution in [2.75, 3.05) is 13.2 Å². The predicted octanol–water partition coefficient (Wildman–Crippen LogP) is 1.11. The van der Waals surface area contributed by atoms with Gasteiger partial charge in [0, 0.05) is 19.8 Å². The molecule has 0 fully saturated rings. The Kier molecular flexibility index (Phi) is 4.29. The molecular formula is C11H21N3O. The van der Waals surface area contributed by atoms with Gasteiger partial charge >= 0.3 is 0 Å². The van der Waals surface area contributed by atoms with Gasteiger partial charge in [0.2, 0.25) is 0 Å². The number of hydrogen-bond donors (Lipinski definition) is 1. The van der Waals surface area contributed by atoms with E-state index < -0.39 is 0 Å². The summed E-state index contributed by atoms with van der Waals surface area (Å²) in [5, 5.41) is 4.11. The predicted molar refractivity (Wildman–Crippen MR) is 60.6 cm³/mol. The molecule has 4 nitrogen and oxygen atoms in total. The van der Waals surface area contributed by atoms with Crippen molar-refractivity contribution in [2.24, 2.45) is 12.8 Å². The molecule has 4 heteroatoms. The van der Waals surface area contributed by atoms with Crippen LogP contribution in [0.1, 0.15) is 25.8 Å². The maximum absolute atomic E-state index is 5.78. The smallest absolute Gasteiger partial charge is 0.0773 e. The molecule has 1 heterocycles. The molecule has 0 aliphatic heterocycles. The van der Waals surface area contributed by atoms with E-state index in [4.69, 9.17) is 10.5 Å². The first kappa shape index (κ1) is 12.2. The van der Waals surface area contributed by atoms with E-state index in [-0.39, 0.29) is 5.60 Å². The van der Waals surface area contributed by atoms with Gasteiger partial charge in [-0.1, -0.05) is 6.92 Å². The Morgan fingerprint density at radius 2 is 2.33 bits per heavy atom. The van der Waals surface area contributed by atoms with Crippen LogP contribution in [0.15, 0.2) is 12.4 Å². The number of rotatable bonds is 6. The number of nitrogens with two attached hydrogens (primary N) is 1. The zero-order chi connectivity index (χ0) is 11.3. The van der Waals surface area contributed by atoms with Crippen LogP contribution >= 0.6 is 0 Å². The van der Waals surface area contributed by atoms with E-state index in [1.165, 1.54) is 5.56 Å². The van der Waals surface area contributed by atoms with E-state index in [1.807, 2.05) is 19.4 Å². The van der Waals surface area contributed by atoms with Crippen molar-refractivity contribution in [3.63, 3.8) is 0 Å². The summed E-state index contributed by atoms with van der Waals surface area (Å²) < 4.78 is 7.58. The van der Waals surface area contributed by atoms with Crippen LogP contribution in [0, 0.1) is 0 Å². The second kappa shape index (κ2) is 5.28. The molecular weight excluding hydrogens is 190 g/mol. The Balaban J connectivity index is 2.32. The van der Waals surface area contributed by atoms with Gasteiger partial charge in [0.25, 0.3) is 0 Å². The first-order chi connectivity index (χ1) is 7.09. The van der Waals surface area contributed by atoms with E-state index in [0.717, 1.165) is 12.8 Å².